The van der Waals surface area contributed by atoms with Crippen LogP contribution in [0.1, 0.15) is 31.9 Å². The maximum Gasteiger partial charge on any atom is 0.344 e. The number of benzene rings is 2. The first kappa shape index (κ1) is 14.3. The molecule has 0 aliphatic carbocycles. The highest BCUT2D eigenvalue weighted by Gasteiger charge is 2.21. The molecule has 4 nitrogen and oxygen atoms in total. The molecule has 0 aromatic heterocycles. The van der Waals surface area contributed by atoms with E-state index in [1.165, 1.54) is 0 Å². The van der Waals surface area contributed by atoms with Crippen molar-refractivity contribution in [1.29, 1.82) is 0 Å². The van der Waals surface area contributed by atoms with E-state index >= 15 is 0 Å². The maximum atomic E-state index is 11.2. The fourth-order valence-corrected chi connectivity index (χ4v) is 2.20. The van der Waals surface area contributed by atoms with Gasteiger partial charge in [-0.3, -0.25) is 0 Å². The minimum Gasteiger partial charge on any atom is -0.479 e. The van der Waals surface area contributed by atoms with Gasteiger partial charge in [-0.25, -0.2) is 4.79 Å². The summed E-state index contributed by atoms with van der Waals surface area (Å²) in [5.74, 6) is -0.386. The molecule has 0 spiro atoms. The summed E-state index contributed by atoms with van der Waals surface area (Å²) in [7, 11) is 0. The molecule has 0 fully saturated rings. The van der Waals surface area contributed by atoms with Crippen molar-refractivity contribution in [2.75, 3.05) is 0 Å². The molecule has 2 rings (SSSR count). The first-order valence-electron chi connectivity index (χ1n) is 6.71. The van der Waals surface area contributed by atoms with Crippen molar-refractivity contribution < 1.29 is 14.6 Å². The number of hydrogen-bond acceptors (Lipinski definition) is 3. The van der Waals surface area contributed by atoms with Gasteiger partial charge in [-0.05, 0) is 18.7 Å². The summed E-state index contributed by atoms with van der Waals surface area (Å²) in [6.07, 6.45) is -0.463. The predicted molar refractivity (Wildman–Crippen MR) is 78.9 cm³/mol. The summed E-state index contributed by atoms with van der Waals surface area (Å²) >= 11 is 0. The van der Waals surface area contributed by atoms with Crippen molar-refractivity contribution in [3.8, 4) is 5.75 Å². The predicted octanol–water partition coefficient (Wildman–Crippen LogP) is 3.10. The van der Waals surface area contributed by atoms with E-state index in [-0.39, 0.29) is 6.04 Å². The third kappa shape index (κ3) is 2.75. The van der Waals surface area contributed by atoms with Gasteiger partial charge < -0.3 is 15.6 Å². The summed E-state index contributed by atoms with van der Waals surface area (Å²) in [6, 6.07) is 11.4. The molecule has 20 heavy (non-hydrogen) atoms. The maximum absolute atomic E-state index is 11.2. The van der Waals surface area contributed by atoms with Gasteiger partial charge in [-0.2, -0.15) is 0 Å². The van der Waals surface area contributed by atoms with Crippen LogP contribution in [0.2, 0.25) is 0 Å². The molecule has 0 aliphatic rings. The number of nitrogens with two attached hydrogens (primary N) is 1. The van der Waals surface area contributed by atoms with Crippen molar-refractivity contribution >= 4 is 16.7 Å². The lowest BCUT2D eigenvalue weighted by Gasteiger charge is -2.20. The quantitative estimate of drug-likeness (QED) is 0.878. The highest BCUT2D eigenvalue weighted by atomic mass is 16.5. The van der Waals surface area contributed by atoms with Gasteiger partial charge in [0, 0.05) is 17.0 Å². The number of carboxylic acids is 1. The lowest BCUT2D eigenvalue weighted by Crippen LogP contribution is -2.27. The molecule has 4 heteroatoms. The van der Waals surface area contributed by atoms with E-state index in [9.17, 15) is 9.90 Å². The molecule has 0 saturated heterocycles. The van der Waals surface area contributed by atoms with Crippen molar-refractivity contribution in [3.05, 3.63) is 42.0 Å². The Hall–Kier alpha value is -2.07. The molecule has 2 aromatic carbocycles. The second-order valence-corrected chi connectivity index (χ2v) is 4.85. The van der Waals surface area contributed by atoms with Crippen LogP contribution in [0.15, 0.2) is 36.4 Å². The van der Waals surface area contributed by atoms with Crippen LogP contribution in [0.3, 0.4) is 0 Å². The Morgan fingerprint density at radius 3 is 2.60 bits per heavy atom. The average molecular weight is 273 g/mol. The summed E-state index contributed by atoms with van der Waals surface area (Å²) < 4.78 is 5.75. The first-order valence-corrected chi connectivity index (χ1v) is 6.71. The molecule has 1 unspecified atom stereocenters. The molecule has 2 atom stereocenters. The second kappa shape index (κ2) is 5.92. The van der Waals surface area contributed by atoms with Gasteiger partial charge in [-0.1, -0.05) is 43.3 Å². The van der Waals surface area contributed by atoms with E-state index in [0.29, 0.717) is 12.2 Å². The molecule has 106 valence electrons. The average Bonchev–Trinajstić information content (AvgIpc) is 2.43. The van der Waals surface area contributed by atoms with E-state index in [4.69, 9.17) is 10.5 Å². The number of carboxylic acid groups (broad SMARTS) is 1. The third-order valence-corrected chi connectivity index (χ3v) is 3.31. The van der Waals surface area contributed by atoms with Crippen molar-refractivity contribution in [2.24, 2.45) is 5.73 Å². The molecule has 0 bridgehead atoms. The minimum absolute atomic E-state index is 0.221. The Bertz CT molecular complexity index is 622. The third-order valence-electron chi connectivity index (χ3n) is 3.31. The lowest BCUT2D eigenvalue weighted by molar-refractivity contribution is -0.145. The van der Waals surface area contributed by atoms with Crippen molar-refractivity contribution in [3.63, 3.8) is 0 Å². The number of ether oxygens (including phenoxy) is 1. The minimum atomic E-state index is -0.962. The molecule has 2 aromatic rings. The van der Waals surface area contributed by atoms with Crippen LogP contribution in [-0.2, 0) is 4.79 Å². The summed E-state index contributed by atoms with van der Waals surface area (Å²) in [5.41, 5.74) is 6.79. The highest BCUT2D eigenvalue weighted by molar-refractivity contribution is 5.90. The monoisotopic (exact) mass is 273 g/mol. The van der Waals surface area contributed by atoms with Gasteiger partial charge in [-0.15, -0.1) is 0 Å². The number of hydrogen-bond donors (Lipinski definition) is 2. The summed E-state index contributed by atoms with van der Waals surface area (Å²) in [5, 5.41) is 11.1. The van der Waals surface area contributed by atoms with Gasteiger partial charge in [0.05, 0.1) is 0 Å². The van der Waals surface area contributed by atoms with Crippen LogP contribution in [-0.4, -0.2) is 17.2 Å². The molecule has 0 saturated carbocycles. The van der Waals surface area contributed by atoms with Crippen LogP contribution in [0.4, 0.5) is 0 Å². The van der Waals surface area contributed by atoms with Gasteiger partial charge in [0.25, 0.3) is 0 Å². The van der Waals surface area contributed by atoms with Crippen LogP contribution in [0.25, 0.3) is 10.8 Å². The van der Waals surface area contributed by atoms with Crippen LogP contribution in [0, 0.1) is 0 Å². The highest BCUT2D eigenvalue weighted by Crippen LogP contribution is 2.33. The number of aliphatic carboxylic acids is 1. The number of carbonyl (C=O) groups is 1. The van der Waals surface area contributed by atoms with E-state index < -0.39 is 12.1 Å². The topological polar surface area (TPSA) is 72.5 Å². The van der Waals surface area contributed by atoms with Crippen molar-refractivity contribution in [1.82, 2.24) is 0 Å². The Morgan fingerprint density at radius 2 is 2.00 bits per heavy atom. The van der Waals surface area contributed by atoms with Crippen LogP contribution < -0.4 is 10.5 Å². The molecule has 0 radical (unpaired) electrons. The first-order chi connectivity index (χ1) is 9.54. The van der Waals surface area contributed by atoms with E-state index in [0.717, 1.165) is 16.3 Å². The summed E-state index contributed by atoms with van der Waals surface area (Å²) in [6.45, 7) is 3.65. The Morgan fingerprint density at radius 1 is 1.30 bits per heavy atom. The fraction of sp³-hybridized carbons (Fsp3) is 0.312. The van der Waals surface area contributed by atoms with Gasteiger partial charge in [0.15, 0.2) is 6.10 Å². The number of rotatable bonds is 5. The Labute approximate surface area is 118 Å². The zero-order valence-electron chi connectivity index (χ0n) is 11.7. The summed E-state index contributed by atoms with van der Waals surface area (Å²) in [4.78, 5) is 11.2. The smallest absolute Gasteiger partial charge is 0.344 e. The SMILES string of the molecule is CCC(Oc1c([C@H](C)N)ccc2ccccc12)C(=O)O. The van der Waals surface area contributed by atoms with E-state index in [2.05, 4.69) is 0 Å². The standard InChI is InChI=1S/C16H19NO3/c1-3-14(16(18)19)20-15-12(10(2)17)9-8-11-6-4-5-7-13(11)15/h4-10,14H,3,17H2,1-2H3,(H,18,19)/t10-,14?/m0/s1. The largest absolute Gasteiger partial charge is 0.479 e. The van der Waals surface area contributed by atoms with Gasteiger partial charge >= 0.3 is 5.97 Å². The van der Waals surface area contributed by atoms with E-state index in [1.54, 1.807) is 6.92 Å². The fourth-order valence-electron chi connectivity index (χ4n) is 2.20. The van der Waals surface area contributed by atoms with Crippen LogP contribution in [0.5, 0.6) is 5.75 Å². The van der Waals surface area contributed by atoms with Gasteiger partial charge in [0.1, 0.15) is 5.75 Å². The Kier molecular flexibility index (Phi) is 4.25. The molecule has 3 N–H and O–H groups in total. The lowest BCUT2D eigenvalue weighted by atomic mass is 10.0. The van der Waals surface area contributed by atoms with Crippen LogP contribution >= 0.6 is 0 Å². The molecule has 0 amide bonds. The molecule has 0 heterocycles. The molecule has 0 aliphatic heterocycles. The number of fused-ring (bicyclic) bond motifs is 1. The molecular weight excluding hydrogens is 254 g/mol. The van der Waals surface area contributed by atoms with Crippen molar-refractivity contribution in [2.45, 2.75) is 32.4 Å². The zero-order valence-corrected chi connectivity index (χ0v) is 11.7. The second-order valence-electron chi connectivity index (χ2n) is 4.85. The van der Waals surface area contributed by atoms with E-state index in [1.807, 2.05) is 43.3 Å². The normalized spacial score (nSPS) is 13.9. The Balaban J connectivity index is 2.57. The molecular formula is C16H19NO3. The zero-order chi connectivity index (χ0) is 14.7. The van der Waals surface area contributed by atoms with Gasteiger partial charge in [0.2, 0.25) is 0 Å².